The number of benzene rings is 1. The minimum Gasteiger partial charge on any atom is -0.330 e. The van der Waals surface area contributed by atoms with Crippen LogP contribution in [0.3, 0.4) is 0 Å². The molecule has 1 rings (SSSR count). The van der Waals surface area contributed by atoms with Crippen LogP contribution in [0.15, 0.2) is 18.2 Å². The molecule has 0 saturated carbocycles. The molecule has 1 aromatic rings. The lowest BCUT2D eigenvalue weighted by Crippen LogP contribution is -2.11. The third-order valence-corrected chi connectivity index (χ3v) is 3.74. The topological polar surface area (TPSA) is 43.1 Å². The van der Waals surface area contributed by atoms with Crippen molar-refractivity contribution in [2.24, 2.45) is 5.73 Å². The molecule has 0 aliphatic carbocycles. The molecule has 2 nitrogen and oxygen atoms in total. The fourth-order valence-corrected chi connectivity index (χ4v) is 2.30. The summed E-state index contributed by atoms with van der Waals surface area (Å²) in [5, 5.41) is 1.01. The molecule has 1 unspecified atom stereocenters. The van der Waals surface area contributed by atoms with E-state index < -0.39 is 10.8 Å². The van der Waals surface area contributed by atoms with E-state index in [2.05, 4.69) is 0 Å². The van der Waals surface area contributed by atoms with E-state index in [1.165, 1.54) is 0 Å². The number of rotatable bonds is 4. The van der Waals surface area contributed by atoms with E-state index in [1.807, 2.05) is 6.07 Å². The molecule has 0 spiro atoms. The Morgan fingerprint density at radius 1 is 1.29 bits per heavy atom. The van der Waals surface area contributed by atoms with Crippen LogP contribution in [0.2, 0.25) is 10.0 Å². The van der Waals surface area contributed by atoms with Crippen LogP contribution in [0.1, 0.15) is 5.56 Å². The molecule has 0 saturated heterocycles. The summed E-state index contributed by atoms with van der Waals surface area (Å²) < 4.78 is 11.4. The summed E-state index contributed by atoms with van der Waals surface area (Å²) in [5.41, 5.74) is 6.22. The van der Waals surface area contributed by atoms with E-state index in [9.17, 15) is 4.21 Å². The molecule has 0 aromatic heterocycles. The number of hydrogen-bond donors (Lipinski definition) is 1. The molecular weight excluding hydrogens is 241 g/mol. The maximum Gasteiger partial charge on any atom is 0.0595 e. The molecule has 0 bridgehead atoms. The van der Waals surface area contributed by atoms with Crippen molar-refractivity contribution < 1.29 is 4.21 Å². The SMILES string of the molecule is NCCS(=O)Cc1ccc(Cl)c(Cl)c1. The Hall–Kier alpha value is -0.0900. The predicted octanol–water partition coefficient (Wildman–Crippen LogP) is 2.20. The first-order valence-electron chi connectivity index (χ1n) is 4.12. The number of hydrogen-bond acceptors (Lipinski definition) is 2. The van der Waals surface area contributed by atoms with Gasteiger partial charge < -0.3 is 5.73 Å². The van der Waals surface area contributed by atoms with Crippen molar-refractivity contribution in [1.29, 1.82) is 0 Å². The Morgan fingerprint density at radius 2 is 2.00 bits per heavy atom. The Balaban J connectivity index is 2.68. The van der Waals surface area contributed by atoms with Gasteiger partial charge in [0.1, 0.15) is 0 Å². The number of nitrogens with two attached hydrogens (primary N) is 1. The summed E-state index contributed by atoms with van der Waals surface area (Å²) in [5.74, 6) is 0.994. The van der Waals surface area contributed by atoms with Crippen molar-refractivity contribution in [3.05, 3.63) is 33.8 Å². The molecule has 0 fully saturated rings. The fourth-order valence-electron chi connectivity index (χ4n) is 1.02. The third kappa shape index (κ3) is 3.58. The van der Waals surface area contributed by atoms with Gasteiger partial charge in [0.25, 0.3) is 0 Å². The Labute approximate surface area is 95.8 Å². The van der Waals surface area contributed by atoms with Gasteiger partial charge in [-0.2, -0.15) is 0 Å². The van der Waals surface area contributed by atoms with Gasteiger partial charge in [0.05, 0.1) is 10.0 Å². The normalized spacial score (nSPS) is 12.8. The molecule has 1 aromatic carbocycles. The maximum atomic E-state index is 11.4. The zero-order valence-electron chi connectivity index (χ0n) is 7.50. The van der Waals surface area contributed by atoms with Gasteiger partial charge in [0.15, 0.2) is 0 Å². The Morgan fingerprint density at radius 3 is 2.57 bits per heavy atom. The van der Waals surface area contributed by atoms with E-state index in [-0.39, 0.29) is 0 Å². The Kier molecular flexibility index (Phi) is 4.89. The molecule has 0 heterocycles. The highest BCUT2D eigenvalue weighted by Gasteiger charge is 2.03. The average Bonchev–Trinajstić information content (AvgIpc) is 2.12. The summed E-state index contributed by atoms with van der Waals surface area (Å²) in [6.45, 7) is 0.438. The van der Waals surface area contributed by atoms with E-state index in [1.54, 1.807) is 12.1 Å². The maximum absolute atomic E-state index is 11.4. The molecule has 0 amide bonds. The van der Waals surface area contributed by atoms with Gasteiger partial charge >= 0.3 is 0 Å². The third-order valence-electron chi connectivity index (χ3n) is 1.66. The molecule has 14 heavy (non-hydrogen) atoms. The zero-order valence-corrected chi connectivity index (χ0v) is 9.83. The summed E-state index contributed by atoms with van der Waals surface area (Å²) in [6, 6.07) is 5.26. The second-order valence-electron chi connectivity index (χ2n) is 2.83. The summed E-state index contributed by atoms with van der Waals surface area (Å²) in [4.78, 5) is 0. The fraction of sp³-hybridized carbons (Fsp3) is 0.333. The quantitative estimate of drug-likeness (QED) is 0.892. The molecule has 5 heteroatoms. The van der Waals surface area contributed by atoms with E-state index in [4.69, 9.17) is 28.9 Å². The van der Waals surface area contributed by atoms with Crippen molar-refractivity contribution in [1.82, 2.24) is 0 Å². The summed E-state index contributed by atoms with van der Waals surface area (Å²) in [7, 11) is -0.913. The lowest BCUT2D eigenvalue weighted by Gasteiger charge is -2.02. The average molecular weight is 252 g/mol. The van der Waals surface area contributed by atoms with Crippen LogP contribution in [-0.4, -0.2) is 16.5 Å². The van der Waals surface area contributed by atoms with Crippen LogP contribution in [0, 0.1) is 0 Å². The van der Waals surface area contributed by atoms with Crippen LogP contribution >= 0.6 is 23.2 Å². The molecule has 2 N–H and O–H groups in total. The van der Waals surface area contributed by atoms with Crippen molar-refractivity contribution in [3.8, 4) is 0 Å². The molecular formula is C9H11Cl2NOS. The highest BCUT2D eigenvalue weighted by molar-refractivity contribution is 7.84. The van der Waals surface area contributed by atoms with Gasteiger partial charge in [0.2, 0.25) is 0 Å². The van der Waals surface area contributed by atoms with E-state index in [0.717, 1.165) is 5.56 Å². The van der Waals surface area contributed by atoms with Crippen LogP contribution in [0.5, 0.6) is 0 Å². The number of halogens is 2. The van der Waals surface area contributed by atoms with Gasteiger partial charge in [-0.1, -0.05) is 29.3 Å². The van der Waals surface area contributed by atoms with Gasteiger partial charge in [-0.25, -0.2) is 0 Å². The monoisotopic (exact) mass is 251 g/mol. The second kappa shape index (κ2) is 5.71. The first-order chi connectivity index (χ1) is 6.63. The molecule has 0 radical (unpaired) electrons. The van der Waals surface area contributed by atoms with Crippen LogP contribution in [0.25, 0.3) is 0 Å². The van der Waals surface area contributed by atoms with Crippen molar-refractivity contribution in [2.45, 2.75) is 5.75 Å². The highest BCUT2D eigenvalue weighted by atomic mass is 35.5. The van der Waals surface area contributed by atoms with Crippen molar-refractivity contribution >= 4 is 34.0 Å². The summed E-state index contributed by atoms with van der Waals surface area (Å²) in [6.07, 6.45) is 0. The smallest absolute Gasteiger partial charge is 0.0595 e. The van der Waals surface area contributed by atoms with Gasteiger partial charge in [-0.05, 0) is 17.7 Å². The molecule has 1 atom stereocenters. The van der Waals surface area contributed by atoms with Crippen LogP contribution < -0.4 is 5.73 Å². The Bertz CT molecular complexity index is 344. The highest BCUT2D eigenvalue weighted by Crippen LogP contribution is 2.23. The van der Waals surface area contributed by atoms with Crippen LogP contribution in [-0.2, 0) is 16.6 Å². The molecule has 0 aliphatic heterocycles. The van der Waals surface area contributed by atoms with Crippen molar-refractivity contribution in [2.75, 3.05) is 12.3 Å². The van der Waals surface area contributed by atoms with Gasteiger partial charge in [0, 0.05) is 28.9 Å². The van der Waals surface area contributed by atoms with Gasteiger partial charge in [-0.15, -0.1) is 0 Å². The lowest BCUT2D eigenvalue weighted by molar-refractivity contribution is 0.682. The lowest BCUT2D eigenvalue weighted by atomic mass is 10.2. The summed E-state index contributed by atoms with van der Waals surface area (Å²) >= 11 is 11.6. The standard InChI is InChI=1S/C9H11Cl2NOS/c10-8-2-1-7(5-9(8)11)6-14(13)4-3-12/h1-2,5H,3-4,6,12H2. The van der Waals surface area contributed by atoms with Gasteiger partial charge in [-0.3, -0.25) is 4.21 Å². The first-order valence-corrected chi connectivity index (χ1v) is 6.37. The minimum atomic E-state index is -0.913. The minimum absolute atomic E-state index is 0.438. The van der Waals surface area contributed by atoms with E-state index >= 15 is 0 Å². The van der Waals surface area contributed by atoms with Crippen LogP contribution in [0.4, 0.5) is 0 Å². The zero-order chi connectivity index (χ0) is 10.6. The molecule has 78 valence electrons. The predicted molar refractivity (Wildman–Crippen MR) is 62.2 cm³/mol. The largest absolute Gasteiger partial charge is 0.330 e. The molecule has 0 aliphatic rings. The first kappa shape index (κ1) is 12.0. The van der Waals surface area contributed by atoms with Crippen molar-refractivity contribution in [3.63, 3.8) is 0 Å². The van der Waals surface area contributed by atoms with E-state index in [0.29, 0.717) is 28.1 Å². The second-order valence-corrected chi connectivity index (χ2v) is 5.22.